The number of benzene rings is 1. The third-order valence-corrected chi connectivity index (χ3v) is 6.60. The van der Waals surface area contributed by atoms with E-state index in [4.69, 9.17) is 4.74 Å². The zero-order valence-electron chi connectivity index (χ0n) is 14.8. The van der Waals surface area contributed by atoms with Crippen LogP contribution in [0.25, 0.3) is 20.3 Å². The van der Waals surface area contributed by atoms with Crippen LogP contribution in [0, 0.1) is 19.7 Å². The number of aryl methyl sites for hydroxylation is 2. The quantitative estimate of drug-likeness (QED) is 0.496. The zero-order chi connectivity index (χ0) is 19.3. The molecule has 0 radical (unpaired) electrons. The van der Waals surface area contributed by atoms with Gasteiger partial charge in [-0.15, -0.1) is 22.7 Å². The van der Waals surface area contributed by atoms with E-state index in [-0.39, 0.29) is 11.4 Å². The first kappa shape index (κ1) is 17.8. The number of nitrogens with one attached hydrogen (secondary N) is 1. The summed E-state index contributed by atoms with van der Waals surface area (Å²) < 4.78 is 19.6. The van der Waals surface area contributed by atoms with E-state index in [2.05, 4.69) is 9.97 Å². The SMILES string of the molecule is Cc1sc2nc([C@@H](C)OC(=O)c3cc4cc(F)ccc4s3)[nH]c(=O)c2c1C. The molecule has 0 unspecified atom stereocenters. The average molecular weight is 402 g/mol. The molecule has 8 heteroatoms. The van der Waals surface area contributed by atoms with Gasteiger partial charge < -0.3 is 9.72 Å². The van der Waals surface area contributed by atoms with Gasteiger partial charge in [-0.2, -0.15) is 0 Å². The monoisotopic (exact) mass is 402 g/mol. The number of thiophene rings is 2. The molecule has 0 amide bonds. The van der Waals surface area contributed by atoms with Gasteiger partial charge in [0, 0.05) is 9.58 Å². The number of nitrogens with zero attached hydrogens (tertiary/aromatic N) is 1. The van der Waals surface area contributed by atoms with Crippen LogP contribution in [0.5, 0.6) is 0 Å². The number of H-pyrrole nitrogens is 1. The van der Waals surface area contributed by atoms with E-state index >= 15 is 0 Å². The lowest BCUT2D eigenvalue weighted by Gasteiger charge is -2.11. The summed E-state index contributed by atoms with van der Waals surface area (Å²) in [5.41, 5.74) is 0.676. The number of fused-ring (bicyclic) bond motifs is 2. The number of hydrogen-bond donors (Lipinski definition) is 1. The molecule has 0 aliphatic rings. The predicted molar refractivity (Wildman–Crippen MR) is 105 cm³/mol. The fourth-order valence-electron chi connectivity index (χ4n) is 2.85. The first-order valence-electron chi connectivity index (χ1n) is 8.23. The molecule has 138 valence electrons. The van der Waals surface area contributed by atoms with Gasteiger partial charge in [-0.1, -0.05) is 0 Å². The molecule has 5 nitrogen and oxygen atoms in total. The second kappa shape index (κ2) is 6.54. The molecule has 0 aliphatic carbocycles. The normalized spacial score (nSPS) is 12.6. The lowest BCUT2D eigenvalue weighted by atomic mass is 10.2. The van der Waals surface area contributed by atoms with Crippen LogP contribution in [0.2, 0.25) is 0 Å². The number of carbonyl (C=O) groups excluding carboxylic acids is 1. The maximum atomic E-state index is 13.3. The van der Waals surface area contributed by atoms with E-state index in [1.54, 1.807) is 19.1 Å². The van der Waals surface area contributed by atoms with E-state index < -0.39 is 12.1 Å². The summed E-state index contributed by atoms with van der Waals surface area (Å²) >= 11 is 2.67. The largest absolute Gasteiger partial charge is 0.450 e. The first-order valence-corrected chi connectivity index (χ1v) is 9.87. The highest BCUT2D eigenvalue weighted by molar-refractivity contribution is 7.20. The minimum Gasteiger partial charge on any atom is -0.450 e. The molecule has 1 N–H and O–H groups in total. The lowest BCUT2D eigenvalue weighted by molar-refractivity contribution is 0.0326. The van der Waals surface area contributed by atoms with Crippen LogP contribution >= 0.6 is 22.7 Å². The van der Waals surface area contributed by atoms with Gasteiger partial charge in [0.25, 0.3) is 5.56 Å². The van der Waals surface area contributed by atoms with Gasteiger partial charge in [-0.05, 0) is 56.0 Å². The Morgan fingerprint density at radius 3 is 2.81 bits per heavy atom. The maximum Gasteiger partial charge on any atom is 0.349 e. The number of carbonyl (C=O) groups is 1. The lowest BCUT2D eigenvalue weighted by Crippen LogP contribution is -2.16. The molecule has 0 bridgehead atoms. The molecule has 4 rings (SSSR count). The predicted octanol–water partition coefficient (Wildman–Crippen LogP) is 4.87. The molecule has 0 fully saturated rings. The number of esters is 1. The van der Waals surface area contributed by atoms with Crippen LogP contribution in [0.4, 0.5) is 4.39 Å². The topological polar surface area (TPSA) is 72.0 Å². The highest BCUT2D eigenvalue weighted by atomic mass is 32.1. The van der Waals surface area contributed by atoms with Crippen molar-refractivity contribution >= 4 is 48.9 Å². The van der Waals surface area contributed by atoms with Gasteiger partial charge in [-0.3, -0.25) is 4.79 Å². The Hall–Kier alpha value is -2.58. The molecular formula is C19H15FN2O3S2. The van der Waals surface area contributed by atoms with Crippen LogP contribution in [0.1, 0.15) is 39.0 Å². The molecule has 0 aliphatic heterocycles. The summed E-state index contributed by atoms with van der Waals surface area (Å²) in [6.45, 7) is 5.48. The Labute approximate surface area is 161 Å². The Balaban J connectivity index is 1.62. The molecule has 3 heterocycles. The zero-order valence-corrected chi connectivity index (χ0v) is 16.4. The van der Waals surface area contributed by atoms with Crippen molar-refractivity contribution in [3.8, 4) is 0 Å². The van der Waals surface area contributed by atoms with E-state index in [1.807, 2.05) is 13.8 Å². The molecule has 3 aromatic heterocycles. The van der Waals surface area contributed by atoms with Gasteiger partial charge >= 0.3 is 5.97 Å². The summed E-state index contributed by atoms with van der Waals surface area (Å²) in [5.74, 6) is -0.593. The van der Waals surface area contributed by atoms with E-state index in [1.165, 1.54) is 34.8 Å². The maximum absolute atomic E-state index is 13.3. The second-order valence-electron chi connectivity index (χ2n) is 6.25. The van der Waals surface area contributed by atoms with Gasteiger partial charge in [0.05, 0.1) is 5.39 Å². The molecule has 0 saturated carbocycles. The highest BCUT2D eigenvalue weighted by Crippen LogP contribution is 2.29. The van der Waals surface area contributed by atoms with Crippen molar-refractivity contribution in [2.75, 3.05) is 0 Å². The third kappa shape index (κ3) is 3.15. The van der Waals surface area contributed by atoms with Gasteiger partial charge in [0.1, 0.15) is 15.5 Å². The molecule has 0 spiro atoms. The minimum atomic E-state index is -0.723. The summed E-state index contributed by atoms with van der Waals surface area (Å²) in [4.78, 5) is 34.0. The van der Waals surface area contributed by atoms with E-state index in [0.29, 0.717) is 26.3 Å². The number of rotatable bonds is 3. The van der Waals surface area contributed by atoms with Crippen molar-refractivity contribution in [1.82, 2.24) is 9.97 Å². The third-order valence-electron chi connectivity index (χ3n) is 4.41. The van der Waals surface area contributed by atoms with Crippen molar-refractivity contribution in [3.63, 3.8) is 0 Å². The minimum absolute atomic E-state index is 0.239. The van der Waals surface area contributed by atoms with Crippen LogP contribution < -0.4 is 5.56 Å². The second-order valence-corrected chi connectivity index (χ2v) is 8.54. The van der Waals surface area contributed by atoms with Gasteiger partial charge in [-0.25, -0.2) is 14.2 Å². The molecule has 4 aromatic rings. The number of halogens is 1. The number of aromatic amines is 1. The fraction of sp³-hybridized carbons (Fsp3) is 0.211. The fourth-order valence-corrected chi connectivity index (χ4v) is 4.82. The highest BCUT2D eigenvalue weighted by Gasteiger charge is 2.20. The van der Waals surface area contributed by atoms with Crippen molar-refractivity contribution < 1.29 is 13.9 Å². The van der Waals surface area contributed by atoms with Crippen LogP contribution in [0.3, 0.4) is 0 Å². The molecule has 1 aromatic carbocycles. The first-order chi connectivity index (χ1) is 12.8. The van der Waals surface area contributed by atoms with Crippen LogP contribution in [0.15, 0.2) is 29.1 Å². The summed E-state index contributed by atoms with van der Waals surface area (Å²) in [6.07, 6.45) is -0.723. The van der Waals surface area contributed by atoms with Crippen molar-refractivity contribution in [1.29, 1.82) is 0 Å². The summed E-state index contributed by atoms with van der Waals surface area (Å²) in [6, 6.07) is 5.96. The van der Waals surface area contributed by atoms with Crippen molar-refractivity contribution in [3.05, 3.63) is 61.6 Å². The Kier molecular flexibility index (Phi) is 4.32. The number of aromatic nitrogens is 2. The summed E-state index contributed by atoms with van der Waals surface area (Å²) in [7, 11) is 0. The smallest absolute Gasteiger partial charge is 0.349 e. The van der Waals surface area contributed by atoms with Crippen molar-refractivity contribution in [2.24, 2.45) is 0 Å². The Bertz CT molecular complexity index is 1260. The van der Waals surface area contributed by atoms with Gasteiger partial charge in [0.15, 0.2) is 11.9 Å². The van der Waals surface area contributed by atoms with Crippen LogP contribution in [-0.2, 0) is 4.74 Å². The Morgan fingerprint density at radius 1 is 1.26 bits per heavy atom. The molecule has 0 saturated heterocycles. The number of hydrogen-bond acceptors (Lipinski definition) is 6. The standard InChI is InChI=1S/C19H15FN2O3S2/c1-8-10(3)26-18-15(8)17(23)21-16(22-18)9(2)25-19(24)14-7-11-6-12(20)4-5-13(11)27-14/h4-7,9H,1-3H3,(H,21,22,23)/t9-/m1/s1. The van der Waals surface area contributed by atoms with Gasteiger partial charge in [0.2, 0.25) is 0 Å². The van der Waals surface area contributed by atoms with Crippen LogP contribution in [-0.4, -0.2) is 15.9 Å². The van der Waals surface area contributed by atoms with E-state index in [0.717, 1.165) is 15.1 Å². The van der Waals surface area contributed by atoms with Crippen molar-refractivity contribution in [2.45, 2.75) is 26.9 Å². The Morgan fingerprint density at radius 2 is 2.04 bits per heavy atom. The van der Waals surface area contributed by atoms with E-state index in [9.17, 15) is 14.0 Å². The average Bonchev–Trinajstić information content (AvgIpc) is 3.15. The summed E-state index contributed by atoms with van der Waals surface area (Å²) in [5, 5.41) is 1.23. The molecule has 27 heavy (non-hydrogen) atoms. The molecular weight excluding hydrogens is 387 g/mol. The molecule has 1 atom stereocenters. The number of ether oxygens (including phenoxy) is 1.